The molecular formula is C12H21NO2. The number of rotatable bonds is 4. The number of Topliss-reactive ketones (excluding diaryl/α,β-unsaturated/α-hetero) is 1. The number of nitrogens with zero attached hydrogens (tertiary/aromatic N) is 1. The van der Waals surface area contributed by atoms with Crippen molar-refractivity contribution >= 4 is 11.7 Å². The van der Waals surface area contributed by atoms with Gasteiger partial charge in [-0.3, -0.25) is 4.79 Å². The first-order chi connectivity index (χ1) is 7.02. The van der Waals surface area contributed by atoms with E-state index in [9.17, 15) is 9.59 Å². The fourth-order valence-electron chi connectivity index (χ4n) is 2.22. The first-order valence-electron chi connectivity index (χ1n) is 5.81. The second kappa shape index (κ2) is 5.29. The molecule has 86 valence electrons. The molecular weight excluding hydrogens is 190 g/mol. The van der Waals surface area contributed by atoms with Gasteiger partial charge >= 0.3 is 0 Å². The standard InChI is InChI=1S/C12H21NO2/c1-9(2)11-5-4-8-13(11)12(15)7-6-10(3)14/h9,11H,4-8H2,1-3H3. The molecule has 1 aliphatic rings. The molecule has 0 aromatic rings. The van der Waals surface area contributed by atoms with E-state index in [1.54, 1.807) is 0 Å². The molecule has 15 heavy (non-hydrogen) atoms. The summed E-state index contributed by atoms with van der Waals surface area (Å²) in [7, 11) is 0. The molecule has 0 saturated carbocycles. The lowest BCUT2D eigenvalue weighted by molar-refractivity contribution is -0.134. The van der Waals surface area contributed by atoms with Crippen molar-refractivity contribution < 1.29 is 9.59 Å². The third kappa shape index (κ3) is 3.33. The molecule has 3 heteroatoms. The monoisotopic (exact) mass is 211 g/mol. The summed E-state index contributed by atoms with van der Waals surface area (Å²) in [5, 5.41) is 0. The zero-order valence-electron chi connectivity index (χ0n) is 9.95. The van der Waals surface area contributed by atoms with Gasteiger partial charge in [0, 0.05) is 25.4 Å². The average molecular weight is 211 g/mol. The van der Waals surface area contributed by atoms with Crippen LogP contribution in [-0.4, -0.2) is 29.2 Å². The van der Waals surface area contributed by atoms with Gasteiger partial charge in [-0.2, -0.15) is 0 Å². The number of likely N-dealkylation sites (tertiary alicyclic amines) is 1. The smallest absolute Gasteiger partial charge is 0.223 e. The van der Waals surface area contributed by atoms with Crippen molar-refractivity contribution in [2.24, 2.45) is 5.92 Å². The van der Waals surface area contributed by atoms with Crippen molar-refractivity contribution in [3.8, 4) is 0 Å². The van der Waals surface area contributed by atoms with Gasteiger partial charge in [0.1, 0.15) is 5.78 Å². The Hall–Kier alpha value is -0.860. The summed E-state index contributed by atoms with van der Waals surface area (Å²) in [4.78, 5) is 24.6. The SMILES string of the molecule is CC(=O)CCC(=O)N1CCCC1C(C)C. The Bertz CT molecular complexity index is 248. The van der Waals surface area contributed by atoms with Crippen LogP contribution in [0.1, 0.15) is 46.5 Å². The van der Waals surface area contributed by atoms with Gasteiger partial charge in [-0.05, 0) is 25.7 Å². The Labute approximate surface area is 91.8 Å². The fourth-order valence-corrected chi connectivity index (χ4v) is 2.22. The second-order valence-corrected chi connectivity index (χ2v) is 4.74. The molecule has 0 aromatic heterocycles. The van der Waals surface area contributed by atoms with Crippen LogP contribution in [0.2, 0.25) is 0 Å². The number of hydrogen-bond donors (Lipinski definition) is 0. The lowest BCUT2D eigenvalue weighted by Crippen LogP contribution is -2.38. The number of hydrogen-bond acceptors (Lipinski definition) is 2. The van der Waals surface area contributed by atoms with E-state index in [1.807, 2.05) is 4.90 Å². The minimum atomic E-state index is 0.101. The van der Waals surface area contributed by atoms with Crippen LogP contribution < -0.4 is 0 Å². The third-order valence-electron chi connectivity index (χ3n) is 3.08. The molecule has 1 saturated heterocycles. The van der Waals surface area contributed by atoms with Crippen LogP contribution in [0.5, 0.6) is 0 Å². The lowest BCUT2D eigenvalue weighted by Gasteiger charge is -2.27. The van der Waals surface area contributed by atoms with Crippen molar-refractivity contribution in [1.82, 2.24) is 4.90 Å². The molecule has 0 bridgehead atoms. The molecule has 1 atom stereocenters. The highest BCUT2D eigenvalue weighted by molar-refractivity contribution is 5.83. The van der Waals surface area contributed by atoms with Crippen LogP contribution >= 0.6 is 0 Å². The van der Waals surface area contributed by atoms with E-state index >= 15 is 0 Å². The summed E-state index contributed by atoms with van der Waals surface area (Å²) < 4.78 is 0. The topological polar surface area (TPSA) is 37.4 Å². The minimum absolute atomic E-state index is 0.101. The zero-order chi connectivity index (χ0) is 11.4. The predicted molar refractivity (Wildman–Crippen MR) is 59.5 cm³/mol. The zero-order valence-corrected chi connectivity index (χ0v) is 9.95. The second-order valence-electron chi connectivity index (χ2n) is 4.74. The lowest BCUT2D eigenvalue weighted by atomic mass is 10.0. The summed E-state index contributed by atoms with van der Waals surface area (Å²) in [5.41, 5.74) is 0. The molecule has 1 fully saturated rings. The van der Waals surface area contributed by atoms with Gasteiger partial charge in [0.2, 0.25) is 5.91 Å². The number of amides is 1. The Balaban J connectivity index is 2.47. The first-order valence-corrected chi connectivity index (χ1v) is 5.81. The predicted octanol–water partition coefficient (Wildman–Crippen LogP) is 2.00. The summed E-state index contributed by atoms with van der Waals surface area (Å²) in [6.45, 7) is 6.72. The molecule has 0 radical (unpaired) electrons. The number of ketones is 1. The van der Waals surface area contributed by atoms with E-state index < -0.39 is 0 Å². The van der Waals surface area contributed by atoms with Crippen LogP contribution in [0.3, 0.4) is 0 Å². The normalized spacial score (nSPS) is 21.1. The molecule has 1 unspecified atom stereocenters. The van der Waals surface area contributed by atoms with Gasteiger partial charge in [-0.15, -0.1) is 0 Å². The van der Waals surface area contributed by atoms with Crippen LogP contribution in [0.15, 0.2) is 0 Å². The molecule has 1 heterocycles. The maximum Gasteiger partial charge on any atom is 0.223 e. The van der Waals surface area contributed by atoms with Gasteiger partial charge in [0.25, 0.3) is 0 Å². The molecule has 1 amide bonds. The maximum atomic E-state index is 11.8. The summed E-state index contributed by atoms with van der Waals surface area (Å²) in [6.07, 6.45) is 3.00. The Kier molecular flexibility index (Phi) is 4.30. The molecule has 0 aromatic carbocycles. The Morgan fingerprint density at radius 1 is 1.33 bits per heavy atom. The van der Waals surface area contributed by atoms with Gasteiger partial charge in [0.15, 0.2) is 0 Å². The maximum absolute atomic E-state index is 11.8. The number of carbonyl (C=O) groups is 2. The number of carbonyl (C=O) groups excluding carboxylic acids is 2. The van der Waals surface area contributed by atoms with E-state index in [0.29, 0.717) is 24.8 Å². The van der Waals surface area contributed by atoms with Gasteiger partial charge in [-0.25, -0.2) is 0 Å². The largest absolute Gasteiger partial charge is 0.339 e. The van der Waals surface area contributed by atoms with Crippen molar-refractivity contribution in [1.29, 1.82) is 0 Å². The highest BCUT2D eigenvalue weighted by Crippen LogP contribution is 2.24. The summed E-state index contributed by atoms with van der Waals surface area (Å²) >= 11 is 0. The highest BCUT2D eigenvalue weighted by atomic mass is 16.2. The van der Waals surface area contributed by atoms with Crippen LogP contribution in [-0.2, 0) is 9.59 Å². The van der Waals surface area contributed by atoms with Crippen LogP contribution in [0.25, 0.3) is 0 Å². The van der Waals surface area contributed by atoms with E-state index in [1.165, 1.54) is 6.92 Å². The van der Waals surface area contributed by atoms with E-state index in [2.05, 4.69) is 13.8 Å². The third-order valence-corrected chi connectivity index (χ3v) is 3.08. The van der Waals surface area contributed by atoms with Gasteiger partial charge in [-0.1, -0.05) is 13.8 Å². The van der Waals surface area contributed by atoms with Crippen molar-refractivity contribution in [2.45, 2.75) is 52.5 Å². The Morgan fingerprint density at radius 2 is 2.00 bits per heavy atom. The molecule has 0 aliphatic carbocycles. The molecule has 0 N–H and O–H groups in total. The average Bonchev–Trinajstić information content (AvgIpc) is 2.62. The molecule has 0 spiro atoms. The minimum Gasteiger partial charge on any atom is -0.339 e. The van der Waals surface area contributed by atoms with Crippen molar-refractivity contribution in [2.75, 3.05) is 6.54 Å². The van der Waals surface area contributed by atoms with Crippen molar-refractivity contribution in [3.05, 3.63) is 0 Å². The van der Waals surface area contributed by atoms with Gasteiger partial charge in [0.05, 0.1) is 0 Å². The first kappa shape index (κ1) is 12.2. The highest BCUT2D eigenvalue weighted by Gasteiger charge is 2.30. The summed E-state index contributed by atoms with van der Waals surface area (Å²) in [5.74, 6) is 0.777. The Morgan fingerprint density at radius 3 is 2.53 bits per heavy atom. The van der Waals surface area contributed by atoms with Crippen molar-refractivity contribution in [3.63, 3.8) is 0 Å². The van der Waals surface area contributed by atoms with Gasteiger partial charge < -0.3 is 9.69 Å². The van der Waals surface area contributed by atoms with Crippen LogP contribution in [0, 0.1) is 5.92 Å². The molecule has 1 aliphatic heterocycles. The van der Waals surface area contributed by atoms with E-state index in [4.69, 9.17) is 0 Å². The fraction of sp³-hybridized carbons (Fsp3) is 0.833. The molecule has 3 nitrogen and oxygen atoms in total. The van der Waals surface area contributed by atoms with E-state index in [-0.39, 0.29) is 11.7 Å². The quantitative estimate of drug-likeness (QED) is 0.713. The van der Waals surface area contributed by atoms with E-state index in [0.717, 1.165) is 19.4 Å². The van der Waals surface area contributed by atoms with Crippen LogP contribution in [0.4, 0.5) is 0 Å². The molecule has 1 rings (SSSR count). The summed E-state index contributed by atoms with van der Waals surface area (Å²) in [6, 6.07) is 0.393.